The predicted molar refractivity (Wildman–Crippen MR) is 203 cm³/mol. The van der Waals surface area contributed by atoms with Crippen LogP contribution in [-0.4, -0.2) is 86.6 Å². The number of likely N-dealkylation sites (tertiary alicyclic amines) is 2. The summed E-state index contributed by atoms with van der Waals surface area (Å²) in [6.07, 6.45) is 8.01. The number of carbonyl (C=O) groups excluding carboxylic acids is 1. The Morgan fingerprint density at radius 2 is 1.36 bits per heavy atom. The lowest BCUT2D eigenvalue weighted by molar-refractivity contribution is 0.0947. The zero-order valence-corrected chi connectivity index (χ0v) is 31.7. The van der Waals surface area contributed by atoms with Crippen LogP contribution < -0.4 is 21.7 Å². The van der Waals surface area contributed by atoms with Crippen LogP contribution in [-0.2, 0) is 0 Å². The van der Waals surface area contributed by atoms with Crippen LogP contribution in [0.3, 0.4) is 0 Å². The van der Waals surface area contributed by atoms with Crippen molar-refractivity contribution in [3.63, 3.8) is 0 Å². The molecule has 0 radical (unpaired) electrons. The molecule has 0 spiro atoms. The Kier molecular flexibility index (Phi) is 24.7. The van der Waals surface area contributed by atoms with Crippen molar-refractivity contribution in [3.05, 3.63) is 41.7 Å². The Hall–Kier alpha value is -2.75. The minimum Gasteiger partial charge on any atom is -0.396 e. The zero-order chi connectivity index (χ0) is 35.7. The number of hydrogen-bond acceptors (Lipinski definition) is 7. The molecule has 0 aliphatic carbocycles. The summed E-state index contributed by atoms with van der Waals surface area (Å²) < 4.78 is 13.8. The van der Waals surface area contributed by atoms with Gasteiger partial charge in [0.15, 0.2) is 0 Å². The predicted octanol–water partition coefficient (Wildman–Crippen LogP) is 7.91. The molecule has 1 aromatic heterocycles. The molecule has 0 saturated carbocycles. The fourth-order valence-electron chi connectivity index (χ4n) is 4.85. The molecular formula is C38H70FN7O. The molecule has 270 valence electrons. The number of likely N-dealkylation sites (N-methyl/N-ethyl adjacent to an activating group) is 1. The lowest BCUT2D eigenvalue weighted by atomic mass is 10.0. The van der Waals surface area contributed by atoms with E-state index in [4.69, 9.17) is 5.73 Å². The molecule has 2 aliphatic heterocycles. The molecule has 2 saturated heterocycles. The Morgan fingerprint density at radius 1 is 0.851 bits per heavy atom. The summed E-state index contributed by atoms with van der Waals surface area (Å²) in [5.41, 5.74) is 7.83. The Bertz CT molecular complexity index is 1070. The highest BCUT2D eigenvalue weighted by atomic mass is 19.1. The number of benzene rings is 1. The topological polar surface area (TPSA) is 98.5 Å². The molecule has 3 heterocycles. The third kappa shape index (κ3) is 20.3. The van der Waals surface area contributed by atoms with Gasteiger partial charge in [-0.2, -0.15) is 0 Å². The van der Waals surface area contributed by atoms with Gasteiger partial charge in [-0.15, -0.1) is 0 Å². The van der Waals surface area contributed by atoms with Crippen molar-refractivity contribution in [1.82, 2.24) is 25.4 Å². The standard InChI is InChI=1S/C21H28FN5O.C8H18N2.C5H12.2C2H6/c1-2-24-20-16(21(28)25-10-13-27-11-4-3-5-12-27)7-9-19(26-20)15-6-8-18(23)17(22)14-15;1-9-5-8-10-6-3-2-4-7-10;1-5(2,3)4;2*1-2/h6-9,14H,2-5,10-13,23H2,1H3,(H,24,26)(H,25,28);9H,2-8H2,1H3;1-4H3;2*1-2H3. The largest absolute Gasteiger partial charge is 0.396 e. The maximum Gasteiger partial charge on any atom is 0.255 e. The normalized spacial score (nSPS) is 14.8. The molecule has 0 atom stereocenters. The molecule has 2 aromatic rings. The van der Waals surface area contributed by atoms with Gasteiger partial charge in [-0.25, -0.2) is 9.37 Å². The number of nitrogens with one attached hydrogen (secondary N) is 3. The highest BCUT2D eigenvalue weighted by molar-refractivity contribution is 5.99. The molecule has 0 unspecified atom stereocenters. The number of nitrogens with two attached hydrogens (primary N) is 1. The van der Waals surface area contributed by atoms with Crippen LogP contribution in [0.15, 0.2) is 30.3 Å². The number of piperidine rings is 2. The van der Waals surface area contributed by atoms with E-state index in [1.165, 1.54) is 70.3 Å². The number of carbonyl (C=O) groups is 1. The van der Waals surface area contributed by atoms with Gasteiger partial charge in [0.2, 0.25) is 0 Å². The Labute approximate surface area is 287 Å². The average Bonchev–Trinajstić information content (AvgIpc) is 3.07. The SMILES string of the molecule is CC.CC.CC(C)(C)C.CCNc1nc(-c2ccc(N)c(F)c2)ccc1C(=O)NCCN1CCCCC1.CNCCN1CCCCC1. The third-order valence-corrected chi connectivity index (χ3v) is 7.07. The van der Waals surface area contributed by atoms with Gasteiger partial charge in [0, 0.05) is 38.3 Å². The lowest BCUT2D eigenvalue weighted by Crippen LogP contribution is -2.37. The first-order valence-corrected chi connectivity index (χ1v) is 18.2. The first-order valence-electron chi connectivity index (χ1n) is 18.2. The van der Waals surface area contributed by atoms with Gasteiger partial charge in [0.05, 0.1) is 16.9 Å². The molecule has 4 rings (SSSR count). The van der Waals surface area contributed by atoms with Gasteiger partial charge in [0.1, 0.15) is 11.6 Å². The molecule has 0 bridgehead atoms. The minimum atomic E-state index is -0.483. The van der Waals surface area contributed by atoms with Crippen LogP contribution >= 0.6 is 0 Å². The van der Waals surface area contributed by atoms with Crippen LogP contribution in [0, 0.1) is 11.2 Å². The number of hydrogen-bond donors (Lipinski definition) is 4. The average molecular weight is 660 g/mol. The van der Waals surface area contributed by atoms with Crippen molar-refractivity contribution >= 4 is 17.4 Å². The second-order valence-corrected chi connectivity index (χ2v) is 13.0. The number of nitrogens with zero attached hydrogens (tertiary/aromatic N) is 3. The van der Waals surface area contributed by atoms with Crippen molar-refractivity contribution in [2.24, 2.45) is 5.41 Å². The number of nitrogen functional groups attached to an aromatic ring is 1. The van der Waals surface area contributed by atoms with Gasteiger partial charge < -0.3 is 31.5 Å². The zero-order valence-electron chi connectivity index (χ0n) is 31.7. The van der Waals surface area contributed by atoms with E-state index in [9.17, 15) is 9.18 Å². The van der Waals surface area contributed by atoms with Crippen LogP contribution in [0.4, 0.5) is 15.9 Å². The third-order valence-electron chi connectivity index (χ3n) is 7.07. The number of rotatable bonds is 10. The fraction of sp³-hybridized carbons (Fsp3) is 0.684. The molecule has 47 heavy (non-hydrogen) atoms. The summed E-state index contributed by atoms with van der Waals surface area (Å²) in [7, 11) is 2.02. The number of halogens is 1. The summed E-state index contributed by atoms with van der Waals surface area (Å²) in [4.78, 5) is 22.1. The van der Waals surface area contributed by atoms with Crippen molar-refractivity contribution in [3.8, 4) is 11.3 Å². The van der Waals surface area contributed by atoms with Gasteiger partial charge >= 0.3 is 0 Å². The molecule has 2 fully saturated rings. The van der Waals surface area contributed by atoms with Gasteiger partial charge in [-0.1, -0.05) is 74.3 Å². The first kappa shape index (κ1) is 44.2. The summed E-state index contributed by atoms with van der Waals surface area (Å²) in [6.45, 7) is 28.0. The monoisotopic (exact) mass is 660 g/mol. The summed E-state index contributed by atoms with van der Waals surface area (Å²) >= 11 is 0. The maximum absolute atomic E-state index is 13.8. The van der Waals surface area contributed by atoms with Crippen LogP contribution in [0.5, 0.6) is 0 Å². The quantitative estimate of drug-likeness (QED) is 0.193. The Morgan fingerprint density at radius 3 is 1.83 bits per heavy atom. The second kappa shape index (κ2) is 26.2. The minimum absolute atomic E-state index is 0.0976. The van der Waals surface area contributed by atoms with Crippen LogP contribution in [0.25, 0.3) is 11.3 Å². The molecule has 1 aromatic carbocycles. The van der Waals surface area contributed by atoms with E-state index in [2.05, 4.69) is 58.4 Å². The molecule has 9 heteroatoms. The maximum atomic E-state index is 13.8. The Balaban J connectivity index is 0.000000915. The van der Waals surface area contributed by atoms with Crippen molar-refractivity contribution in [1.29, 1.82) is 0 Å². The van der Waals surface area contributed by atoms with Gasteiger partial charge in [-0.3, -0.25) is 4.79 Å². The highest BCUT2D eigenvalue weighted by Crippen LogP contribution is 2.24. The first-order chi connectivity index (χ1) is 22.5. The van der Waals surface area contributed by atoms with Crippen molar-refractivity contribution in [2.45, 2.75) is 101 Å². The fourth-order valence-corrected chi connectivity index (χ4v) is 4.85. The molecule has 2 aliphatic rings. The second-order valence-electron chi connectivity index (χ2n) is 13.0. The van der Waals surface area contributed by atoms with E-state index in [-0.39, 0.29) is 11.6 Å². The van der Waals surface area contributed by atoms with Crippen molar-refractivity contribution < 1.29 is 9.18 Å². The smallest absolute Gasteiger partial charge is 0.255 e. The molecular weight excluding hydrogens is 589 g/mol. The van der Waals surface area contributed by atoms with E-state index in [0.29, 0.717) is 41.1 Å². The van der Waals surface area contributed by atoms with Crippen LogP contribution in [0.1, 0.15) is 111 Å². The molecule has 8 nitrogen and oxygen atoms in total. The number of amides is 1. The van der Waals surface area contributed by atoms with Crippen molar-refractivity contribution in [2.75, 3.05) is 77.0 Å². The molecule has 1 amide bonds. The number of pyridine rings is 1. The van der Waals surface area contributed by atoms with Gasteiger partial charge in [-0.05, 0) is 95.5 Å². The molecule has 5 N–H and O–H groups in total. The van der Waals surface area contributed by atoms with E-state index in [0.717, 1.165) is 26.2 Å². The summed E-state index contributed by atoms with van der Waals surface area (Å²) in [5.74, 6) is -0.146. The summed E-state index contributed by atoms with van der Waals surface area (Å²) in [6, 6.07) is 8.04. The number of aromatic nitrogens is 1. The van der Waals surface area contributed by atoms with Crippen LogP contribution in [0.2, 0.25) is 0 Å². The highest BCUT2D eigenvalue weighted by Gasteiger charge is 2.16. The van der Waals surface area contributed by atoms with E-state index < -0.39 is 5.82 Å². The van der Waals surface area contributed by atoms with E-state index in [1.807, 2.05) is 41.7 Å². The number of anilines is 2. The van der Waals surface area contributed by atoms with E-state index >= 15 is 0 Å². The lowest BCUT2D eigenvalue weighted by Gasteiger charge is -2.26. The van der Waals surface area contributed by atoms with E-state index in [1.54, 1.807) is 18.2 Å². The van der Waals surface area contributed by atoms with Gasteiger partial charge in [0.25, 0.3) is 5.91 Å². The summed E-state index contributed by atoms with van der Waals surface area (Å²) in [5, 5.41) is 9.29.